The van der Waals surface area contributed by atoms with Crippen LogP contribution in [0.4, 0.5) is 16.2 Å². The second-order valence-electron chi connectivity index (χ2n) is 6.91. The first-order valence-electron chi connectivity index (χ1n) is 8.95. The molecule has 0 saturated carbocycles. The maximum absolute atomic E-state index is 12.7. The summed E-state index contributed by atoms with van der Waals surface area (Å²) in [6, 6.07) is 13.0. The van der Waals surface area contributed by atoms with E-state index in [0.717, 1.165) is 25.0 Å². The van der Waals surface area contributed by atoms with E-state index < -0.39 is 29.8 Å². The average Bonchev–Trinajstić information content (AvgIpc) is 3.20. The number of methoxy groups -OCH3 is 2. The zero-order chi connectivity index (χ0) is 20.8. The molecule has 0 unspecified atom stereocenters. The highest BCUT2D eigenvalue weighted by molar-refractivity contribution is 14.1. The van der Waals surface area contributed by atoms with E-state index in [1.165, 1.54) is 19.1 Å². The molecule has 2 N–H and O–H groups in total. The van der Waals surface area contributed by atoms with Crippen molar-refractivity contribution in [2.75, 3.05) is 24.9 Å². The molecule has 2 heterocycles. The molecule has 2 aliphatic rings. The van der Waals surface area contributed by atoms with Crippen LogP contribution in [0.3, 0.4) is 0 Å². The lowest BCUT2D eigenvalue weighted by molar-refractivity contribution is -0.145. The zero-order valence-corrected chi connectivity index (χ0v) is 19.5. The van der Waals surface area contributed by atoms with Gasteiger partial charge in [-0.3, -0.25) is 4.90 Å². The Morgan fingerprint density at radius 1 is 1.21 bits per heavy atom. The molecule has 29 heavy (non-hydrogen) atoms. The third-order valence-electron chi connectivity index (χ3n) is 5.46. The zero-order valence-electron chi connectivity index (χ0n) is 15.7. The molecule has 1 amide bonds. The van der Waals surface area contributed by atoms with Crippen molar-refractivity contribution in [3.05, 3.63) is 56.1 Å². The van der Waals surface area contributed by atoms with E-state index in [2.05, 4.69) is 49.2 Å². The maximum atomic E-state index is 12.7. The molecule has 1 saturated heterocycles. The molecule has 2 aromatic rings. The summed E-state index contributed by atoms with van der Waals surface area (Å²) in [4.78, 5) is 26.7. The fourth-order valence-corrected chi connectivity index (χ4v) is 5.23. The number of carbonyl (C=O) groups is 2. The van der Waals surface area contributed by atoms with Crippen LogP contribution in [0.25, 0.3) is 0 Å². The van der Waals surface area contributed by atoms with Crippen LogP contribution in [-0.2, 0) is 19.8 Å². The predicted octanol–water partition coefficient (Wildman–Crippen LogP) is 4.13. The predicted molar refractivity (Wildman–Crippen MR) is 121 cm³/mol. The number of anilines is 2. The Kier molecular flexibility index (Phi) is 5.36. The van der Waals surface area contributed by atoms with Crippen molar-refractivity contribution in [3.8, 4) is 0 Å². The maximum Gasteiger partial charge on any atom is 0.411 e. The number of halogens is 2. The van der Waals surface area contributed by atoms with Gasteiger partial charge in [-0.05, 0) is 56.7 Å². The van der Waals surface area contributed by atoms with E-state index in [4.69, 9.17) is 9.47 Å². The Morgan fingerprint density at radius 2 is 1.97 bits per heavy atom. The monoisotopic (exact) mass is 571 g/mol. The number of nitrogens with one attached hydrogen (secondary N) is 2. The van der Waals surface area contributed by atoms with Crippen LogP contribution >= 0.6 is 38.5 Å². The third-order valence-corrected chi connectivity index (χ3v) is 7.06. The summed E-state index contributed by atoms with van der Waals surface area (Å²) in [5, 5.41) is 7.06. The molecule has 0 bridgehead atoms. The number of carbonyl (C=O) groups excluding carboxylic acids is 2. The van der Waals surface area contributed by atoms with E-state index in [1.54, 1.807) is 0 Å². The number of hydrogen-bond acceptors (Lipinski definition) is 6. The summed E-state index contributed by atoms with van der Waals surface area (Å²) in [6.07, 6.45) is -0.794. The van der Waals surface area contributed by atoms with Gasteiger partial charge in [0.05, 0.1) is 19.9 Å². The Bertz CT molecular complexity index is 988. The van der Waals surface area contributed by atoms with Gasteiger partial charge >= 0.3 is 12.1 Å². The number of para-hydroxylation sites is 2. The number of esters is 1. The molecule has 2 aliphatic heterocycles. The lowest BCUT2D eigenvalue weighted by Gasteiger charge is -2.34. The summed E-state index contributed by atoms with van der Waals surface area (Å²) < 4.78 is 11.9. The van der Waals surface area contributed by atoms with E-state index in [1.807, 2.05) is 42.5 Å². The molecule has 0 aromatic heterocycles. The van der Waals surface area contributed by atoms with Crippen molar-refractivity contribution in [2.45, 2.75) is 24.2 Å². The summed E-state index contributed by atoms with van der Waals surface area (Å²) >= 11 is 5.86. The average molecular weight is 572 g/mol. The fourth-order valence-electron chi connectivity index (χ4n) is 4.22. The Hall–Kier alpha value is -2.01. The molecule has 152 valence electrons. The van der Waals surface area contributed by atoms with E-state index >= 15 is 0 Å². The van der Waals surface area contributed by atoms with Crippen molar-refractivity contribution in [3.63, 3.8) is 0 Å². The van der Waals surface area contributed by atoms with Crippen molar-refractivity contribution in [1.82, 2.24) is 4.90 Å². The van der Waals surface area contributed by atoms with Crippen molar-refractivity contribution < 1.29 is 19.1 Å². The van der Waals surface area contributed by atoms with Crippen LogP contribution < -0.4 is 10.6 Å². The Labute approximate surface area is 190 Å². The number of fused-ring (bicyclic) bond motifs is 3. The summed E-state index contributed by atoms with van der Waals surface area (Å²) in [5.74, 6) is -0.480. The van der Waals surface area contributed by atoms with Gasteiger partial charge in [-0.15, -0.1) is 0 Å². The van der Waals surface area contributed by atoms with E-state index in [9.17, 15) is 9.59 Å². The highest BCUT2D eigenvalue weighted by Gasteiger charge is 2.62. The van der Waals surface area contributed by atoms with E-state index in [0.29, 0.717) is 6.42 Å². The number of hydrogen-bond donors (Lipinski definition) is 2. The van der Waals surface area contributed by atoms with Gasteiger partial charge in [0.15, 0.2) is 0 Å². The first-order valence-corrected chi connectivity index (χ1v) is 10.8. The van der Waals surface area contributed by atoms with E-state index in [-0.39, 0.29) is 0 Å². The van der Waals surface area contributed by atoms with Crippen molar-refractivity contribution in [1.29, 1.82) is 0 Å². The largest absolute Gasteiger partial charge is 0.467 e. The summed E-state index contributed by atoms with van der Waals surface area (Å²) in [5.41, 5.74) is 2.03. The standard InChI is InChI=1S/C20H19BrIN3O4/c1-28-17(26)15-10-20(24-14-9-4-3-8-13(14)22)11-6-5-7-12(21)16(11)23-18(20)25(15)19(27)29-2/h3-9,15,18,23-24H,10H2,1-2H3/t15-,18-,20+/m1/s1. The Morgan fingerprint density at radius 3 is 2.66 bits per heavy atom. The van der Waals surface area contributed by atoms with Crippen molar-refractivity contribution >= 4 is 62.0 Å². The lowest BCUT2D eigenvalue weighted by Crippen LogP contribution is -2.52. The number of benzene rings is 2. The molecule has 4 rings (SSSR count). The summed E-state index contributed by atoms with van der Waals surface area (Å²) in [7, 11) is 2.63. The molecule has 0 aliphatic carbocycles. The van der Waals surface area contributed by atoms with Gasteiger partial charge in [0.1, 0.15) is 17.7 Å². The van der Waals surface area contributed by atoms with Crippen LogP contribution in [0.15, 0.2) is 46.9 Å². The topological polar surface area (TPSA) is 79.9 Å². The molecule has 0 spiro atoms. The highest BCUT2D eigenvalue weighted by Crippen LogP contribution is 2.53. The number of amides is 1. The van der Waals surface area contributed by atoms with Crippen LogP contribution in [0.1, 0.15) is 12.0 Å². The first kappa shape index (κ1) is 20.3. The quantitative estimate of drug-likeness (QED) is 0.426. The lowest BCUT2D eigenvalue weighted by atomic mass is 9.86. The molecular weight excluding hydrogens is 553 g/mol. The minimum atomic E-state index is -0.786. The van der Waals surface area contributed by atoms with Gasteiger partial charge in [-0.25, -0.2) is 9.59 Å². The van der Waals surface area contributed by atoms with Gasteiger partial charge in [-0.2, -0.15) is 0 Å². The smallest absolute Gasteiger partial charge is 0.411 e. The number of nitrogens with zero attached hydrogens (tertiary/aromatic N) is 1. The van der Waals surface area contributed by atoms with Gasteiger partial charge in [0, 0.05) is 25.7 Å². The molecule has 9 heteroatoms. The van der Waals surface area contributed by atoms with Gasteiger partial charge in [0.25, 0.3) is 0 Å². The highest BCUT2D eigenvalue weighted by atomic mass is 127. The van der Waals surface area contributed by atoms with Crippen molar-refractivity contribution in [2.24, 2.45) is 0 Å². The SMILES string of the molecule is COC(=O)[C@H]1C[C@]2(Nc3ccccc3I)c3cccc(Br)c3N[C@@H]2N1C(=O)OC. The number of likely N-dealkylation sites (tertiary alicyclic amines) is 1. The molecule has 3 atom stereocenters. The molecule has 7 nitrogen and oxygen atoms in total. The normalized spacial score (nSPS) is 24.3. The first-order chi connectivity index (χ1) is 13.9. The molecule has 2 aromatic carbocycles. The second-order valence-corrected chi connectivity index (χ2v) is 8.92. The minimum Gasteiger partial charge on any atom is -0.467 e. The Balaban J connectivity index is 1.89. The van der Waals surface area contributed by atoms with Gasteiger partial charge < -0.3 is 20.1 Å². The van der Waals surface area contributed by atoms with Crippen LogP contribution in [-0.4, -0.2) is 43.4 Å². The second kappa shape index (κ2) is 7.67. The van der Waals surface area contributed by atoms with Crippen LogP contribution in [0.5, 0.6) is 0 Å². The van der Waals surface area contributed by atoms with Gasteiger partial charge in [0.2, 0.25) is 0 Å². The summed E-state index contributed by atoms with van der Waals surface area (Å²) in [6.45, 7) is 0. The molecular formula is C20H19BrIN3O4. The number of rotatable bonds is 3. The number of ether oxygens (including phenoxy) is 2. The van der Waals surface area contributed by atoms with Crippen LogP contribution in [0.2, 0.25) is 0 Å². The van der Waals surface area contributed by atoms with Gasteiger partial charge in [-0.1, -0.05) is 24.3 Å². The third kappa shape index (κ3) is 3.14. The molecule has 1 fully saturated rings. The fraction of sp³-hybridized carbons (Fsp3) is 0.300. The molecule has 0 radical (unpaired) electrons. The van der Waals surface area contributed by atoms with Crippen LogP contribution in [0, 0.1) is 3.57 Å². The minimum absolute atomic E-state index is 0.334.